The molecule has 0 radical (unpaired) electrons. The quantitative estimate of drug-likeness (QED) is 0.487. The van der Waals surface area contributed by atoms with Crippen LogP contribution in [-0.2, 0) is 14.8 Å². The summed E-state index contributed by atoms with van der Waals surface area (Å²) < 4.78 is 37.1. The van der Waals surface area contributed by atoms with E-state index in [0.29, 0.717) is 22.1 Å². The number of hydrogen-bond acceptors (Lipinski definition) is 8. The smallest absolute Gasteiger partial charge is 0.264 e. The number of carbonyl (C=O) groups excluding carboxylic acids is 1. The van der Waals surface area contributed by atoms with Crippen LogP contribution >= 0.6 is 22.9 Å². The number of H-pyrrole nitrogens is 1. The van der Waals surface area contributed by atoms with Crippen LogP contribution in [0, 0.1) is 0 Å². The SMILES string of the molecule is COc1cc(OC)c(NC(=O)CN(C)S(=O)(=O)c2ccc(-c3ccc(=O)[nH]n3)s2)cc1Cl. The maximum Gasteiger partial charge on any atom is 0.264 e. The van der Waals surface area contributed by atoms with Gasteiger partial charge in [-0.1, -0.05) is 11.6 Å². The van der Waals surface area contributed by atoms with Crippen LogP contribution in [-0.4, -0.2) is 56.6 Å². The molecule has 13 heteroatoms. The van der Waals surface area contributed by atoms with Crippen molar-refractivity contribution in [3.8, 4) is 22.1 Å². The number of hydrogen-bond donors (Lipinski definition) is 2. The van der Waals surface area contributed by atoms with E-state index < -0.39 is 22.5 Å². The normalized spacial score (nSPS) is 11.4. The Morgan fingerprint density at radius 1 is 1.19 bits per heavy atom. The number of nitrogens with zero attached hydrogens (tertiary/aromatic N) is 2. The van der Waals surface area contributed by atoms with Gasteiger partial charge < -0.3 is 14.8 Å². The predicted octanol–water partition coefficient (Wildman–Crippen LogP) is 2.43. The number of ether oxygens (including phenoxy) is 2. The van der Waals surface area contributed by atoms with E-state index in [9.17, 15) is 18.0 Å². The zero-order valence-electron chi connectivity index (χ0n) is 17.2. The fourth-order valence-corrected chi connectivity index (χ4v) is 5.52. The molecule has 0 aliphatic carbocycles. The minimum absolute atomic E-state index is 0.0286. The molecular formula is C19H19ClN4O6S2. The van der Waals surface area contributed by atoms with E-state index in [4.69, 9.17) is 21.1 Å². The van der Waals surface area contributed by atoms with Gasteiger partial charge in [-0.2, -0.15) is 9.40 Å². The number of aromatic amines is 1. The van der Waals surface area contributed by atoms with Gasteiger partial charge in [0.05, 0.1) is 36.4 Å². The third-order valence-corrected chi connectivity index (χ3v) is 7.97. The summed E-state index contributed by atoms with van der Waals surface area (Å²) >= 11 is 7.07. The molecular weight excluding hydrogens is 480 g/mol. The van der Waals surface area contributed by atoms with E-state index in [1.54, 1.807) is 6.07 Å². The van der Waals surface area contributed by atoms with E-state index in [1.165, 1.54) is 51.6 Å². The van der Waals surface area contributed by atoms with Crippen LogP contribution in [0.25, 0.3) is 10.6 Å². The first-order valence-electron chi connectivity index (χ1n) is 8.99. The molecule has 3 rings (SSSR count). The molecule has 2 heterocycles. The second kappa shape index (κ2) is 9.69. The van der Waals surface area contributed by atoms with Gasteiger partial charge in [0.2, 0.25) is 5.91 Å². The molecule has 0 bridgehead atoms. The average molecular weight is 499 g/mol. The van der Waals surface area contributed by atoms with Crippen LogP contribution in [0.3, 0.4) is 0 Å². The fraction of sp³-hybridized carbons (Fsp3) is 0.211. The lowest BCUT2D eigenvalue weighted by Gasteiger charge is -2.17. The third kappa shape index (κ3) is 5.10. The number of halogens is 1. The molecule has 2 N–H and O–H groups in total. The van der Waals surface area contributed by atoms with Crippen molar-refractivity contribution in [2.24, 2.45) is 0 Å². The molecule has 0 fully saturated rings. The Bertz CT molecular complexity index is 1280. The van der Waals surface area contributed by atoms with Gasteiger partial charge in [-0.3, -0.25) is 9.59 Å². The highest BCUT2D eigenvalue weighted by molar-refractivity contribution is 7.91. The molecule has 10 nitrogen and oxygen atoms in total. The number of benzene rings is 1. The number of sulfonamides is 1. The Kier molecular flexibility index (Phi) is 7.19. The number of carbonyl (C=O) groups is 1. The molecule has 0 saturated heterocycles. The summed E-state index contributed by atoms with van der Waals surface area (Å²) in [7, 11) is 0.218. The number of likely N-dealkylation sites (N-methyl/N-ethyl adjacent to an activating group) is 1. The molecule has 1 aromatic carbocycles. The first-order valence-corrected chi connectivity index (χ1v) is 11.6. The fourth-order valence-electron chi connectivity index (χ4n) is 2.67. The van der Waals surface area contributed by atoms with Gasteiger partial charge in [0.1, 0.15) is 21.4 Å². The first kappa shape index (κ1) is 23.7. The van der Waals surface area contributed by atoms with Crippen molar-refractivity contribution >= 4 is 44.6 Å². The first-order chi connectivity index (χ1) is 15.1. The number of anilines is 1. The van der Waals surface area contributed by atoms with Gasteiger partial charge in [0.15, 0.2) is 0 Å². The predicted molar refractivity (Wildman–Crippen MR) is 121 cm³/mol. The summed E-state index contributed by atoms with van der Waals surface area (Å²) in [5.41, 5.74) is 0.343. The summed E-state index contributed by atoms with van der Waals surface area (Å²) in [5, 5.41) is 9.04. The highest BCUT2D eigenvalue weighted by atomic mass is 35.5. The van der Waals surface area contributed by atoms with Crippen molar-refractivity contribution in [3.63, 3.8) is 0 Å². The lowest BCUT2D eigenvalue weighted by atomic mass is 10.2. The average Bonchev–Trinajstić information content (AvgIpc) is 3.25. The number of thiophene rings is 1. The molecule has 0 unspecified atom stereocenters. The largest absolute Gasteiger partial charge is 0.495 e. The summed E-state index contributed by atoms with van der Waals surface area (Å²) in [5.74, 6) is 0.0859. The van der Waals surface area contributed by atoms with Crippen molar-refractivity contribution in [1.82, 2.24) is 14.5 Å². The van der Waals surface area contributed by atoms with Crippen molar-refractivity contribution in [3.05, 3.63) is 51.8 Å². The number of rotatable bonds is 8. The van der Waals surface area contributed by atoms with Crippen molar-refractivity contribution < 1.29 is 22.7 Å². The second-order valence-corrected chi connectivity index (χ2v) is 10.2. The molecule has 2 aromatic heterocycles. The molecule has 0 spiro atoms. The van der Waals surface area contributed by atoms with E-state index in [-0.39, 0.29) is 20.5 Å². The Hall–Kier alpha value is -2.93. The molecule has 170 valence electrons. The van der Waals surface area contributed by atoms with Gasteiger partial charge in [-0.05, 0) is 24.3 Å². The van der Waals surface area contributed by atoms with E-state index >= 15 is 0 Å². The summed E-state index contributed by atoms with van der Waals surface area (Å²) in [6, 6.07) is 8.75. The van der Waals surface area contributed by atoms with E-state index in [1.807, 2.05) is 0 Å². The monoisotopic (exact) mass is 498 g/mol. The maximum atomic E-state index is 12.9. The van der Waals surface area contributed by atoms with Gasteiger partial charge in [0, 0.05) is 19.2 Å². The van der Waals surface area contributed by atoms with Crippen LogP contribution in [0.2, 0.25) is 5.02 Å². The molecule has 3 aromatic rings. The number of aromatic nitrogens is 2. The molecule has 0 atom stereocenters. The van der Waals surface area contributed by atoms with Crippen molar-refractivity contribution in [2.75, 3.05) is 33.1 Å². The van der Waals surface area contributed by atoms with Gasteiger partial charge in [-0.15, -0.1) is 11.3 Å². The lowest BCUT2D eigenvalue weighted by molar-refractivity contribution is -0.116. The van der Waals surface area contributed by atoms with E-state index in [2.05, 4.69) is 15.5 Å². The maximum absolute atomic E-state index is 12.9. The Balaban J connectivity index is 1.74. The zero-order valence-corrected chi connectivity index (χ0v) is 19.6. The molecule has 0 aliphatic heterocycles. The van der Waals surface area contributed by atoms with Crippen LogP contribution in [0.1, 0.15) is 0 Å². The van der Waals surface area contributed by atoms with Crippen LogP contribution in [0.15, 0.2) is 45.4 Å². The van der Waals surface area contributed by atoms with Crippen LogP contribution < -0.4 is 20.3 Å². The Morgan fingerprint density at radius 3 is 2.53 bits per heavy atom. The topological polar surface area (TPSA) is 131 Å². The highest BCUT2D eigenvalue weighted by Gasteiger charge is 2.26. The molecule has 1 amide bonds. The number of nitrogens with one attached hydrogen (secondary N) is 2. The van der Waals surface area contributed by atoms with Gasteiger partial charge in [0.25, 0.3) is 15.6 Å². The summed E-state index contributed by atoms with van der Waals surface area (Å²) in [6.07, 6.45) is 0. The number of amides is 1. The van der Waals surface area contributed by atoms with Crippen molar-refractivity contribution in [2.45, 2.75) is 4.21 Å². The summed E-state index contributed by atoms with van der Waals surface area (Å²) in [4.78, 5) is 24.2. The summed E-state index contributed by atoms with van der Waals surface area (Å²) in [6.45, 7) is -0.445. The molecule has 0 aliphatic rings. The Morgan fingerprint density at radius 2 is 1.91 bits per heavy atom. The lowest BCUT2D eigenvalue weighted by Crippen LogP contribution is -2.34. The minimum Gasteiger partial charge on any atom is -0.495 e. The van der Waals surface area contributed by atoms with E-state index in [0.717, 1.165) is 15.6 Å². The second-order valence-electron chi connectivity index (χ2n) is 6.42. The van der Waals surface area contributed by atoms with Crippen molar-refractivity contribution in [1.29, 1.82) is 0 Å². The minimum atomic E-state index is -3.94. The van der Waals surface area contributed by atoms with Crippen LogP contribution in [0.5, 0.6) is 11.5 Å². The standard InChI is InChI=1S/C19H19ClN4O6S2/c1-24(10-18(26)21-13-8-11(20)14(29-2)9-15(13)30-3)32(27,28)19-7-5-16(31-19)12-4-6-17(25)23-22-12/h4-9H,10H2,1-3H3,(H,21,26)(H,23,25). The van der Waals surface area contributed by atoms with Gasteiger partial charge >= 0.3 is 0 Å². The van der Waals surface area contributed by atoms with Gasteiger partial charge in [-0.25, -0.2) is 13.5 Å². The third-order valence-electron chi connectivity index (χ3n) is 4.29. The Labute approximate surface area is 192 Å². The zero-order chi connectivity index (χ0) is 23.5. The highest BCUT2D eigenvalue weighted by Crippen LogP contribution is 2.36. The van der Waals surface area contributed by atoms with Crippen LogP contribution in [0.4, 0.5) is 5.69 Å². The molecule has 0 saturated carbocycles. The molecule has 32 heavy (non-hydrogen) atoms. The number of methoxy groups -OCH3 is 2.